The highest BCUT2D eigenvalue weighted by Gasteiger charge is 2.35. The van der Waals surface area contributed by atoms with Crippen molar-refractivity contribution >= 4 is 10.8 Å². The number of fused-ring (bicyclic) bond motifs is 1. The van der Waals surface area contributed by atoms with Gasteiger partial charge in [-0.1, -0.05) is 42.5 Å². The highest BCUT2D eigenvalue weighted by molar-refractivity contribution is 5.87. The van der Waals surface area contributed by atoms with Gasteiger partial charge in [-0.15, -0.1) is 0 Å². The van der Waals surface area contributed by atoms with Crippen LogP contribution in [0.15, 0.2) is 60.8 Å². The van der Waals surface area contributed by atoms with E-state index in [0.29, 0.717) is 5.56 Å². The number of nitrogens with zero attached hydrogens (tertiary/aromatic N) is 1. The fourth-order valence-corrected chi connectivity index (χ4v) is 2.22. The molecular formula is C16H10F3N. The fourth-order valence-electron chi connectivity index (χ4n) is 2.22. The third-order valence-corrected chi connectivity index (χ3v) is 3.14. The summed E-state index contributed by atoms with van der Waals surface area (Å²) >= 11 is 0. The molecule has 0 saturated carbocycles. The maximum Gasteiger partial charge on any atom is 0.433 e. The van der Waals surface area contributed by atoms with Crippen molar-refractivity contribution in [2.45, 2.75) is 6.18 Å². The first-order chi connectivity index (χ1) is 9.55. The van der Waals surface area contributed by atoms with Crippen LogP contribution in [-0.2, 0) is 6.18 Å². The van der Waals surface area contributed by atoms with E-state index < -0.39 is 11.9 Å². The van der Waals surface area contributed by atoms with Crippen LogP contribution >= 0.6 is 0 Å². The number of hydrogen-bond acceptors (Lipinski definition) is 1. The molecule has 0 aliphatic heterocycles. The normalized spacial score (nSPS) is 11.8. The highest BCUT2D eigenvalue weighted by atomic mass is 19.4. The summed E-state index contributed by atoms with van der Waals surface area (Å²) in [6, 6.07) is 15.8. The summed E-state index contributed by atoms with van der Waals surface area (Å²) in [7, 11) is 0. The van der Waals surface area contributed by atoms with Gasteiger partial charge in [-0.3, -0.25) is 4.98 Å². The van der Waals surface area contributed by atoms with Gasteiger partial charge in [0.2, 0.25) is 0 Å². The standard InChI is InChI=1S/C16H10F3N/c17-16(18,19)15-14(6-3-9-20-15)13-8-7-11-4-1-2-5-12(11)10-13/h1-10H. The van der Waals surface area contributed by atoms with Gasteiger partial charge in [-0.25, -0.2) is 0 Å². The zero-order valence-corrected chi connectivity index (χ0v) is 10.4. The Morgan fingerprint density at radius 3 is 2.30 bits per heavy atom. The Labute approximate surface area is 113 Å². The van der Waals surface area contributed by atoms with Gasteiger partial charge in [0.25, 0.3) is 0 Å². The molecule has 4 heteroatoms. The summed E-state index contributed by atoms with van der Waals surface area (Å²) in [5.41, 5.74) is -0.231. The molecule has 3 aromatic rings. The topological polar surface area (TPSA) is 12.9 Å². The van der Waals surface area contributed by atoms with Crippen molar-refractivity contribution in [2.75, 3.05) is 0 Å². The Hall–Kier alpha value is -2.36. The number of alkyl halides is 3. The first kappa shape index (κ1) is 12.7. The molecule has 0 aliphatic carbocycles. The maximum atomic E-state index is 13.0. The van der Waals surface area contributed by atoms with Crippen LogP contribution in [0.2, 0.25) is 0 Å². The molecule has 0 N–H and O–H groups in total. The average Bonchev–Trinajstić information content (AvgIpc) is 2.46. The number of rotatable bonds is 1. The van der Waals surface area contributed by atoms with E-state index in [-0.39, 0.29) is 5.56 Å². The van der Waals surface area contributed by atoms with Crippen LogP contribution in [0.3, 0.4) is 0 Å². The average molecular weight is 273 g/mol. The Bertz CT molecular complexity index is 763. The third kappa shape index (κ3) is 2.25. The molecular weight excluding hydrogens is 263 g/mol. The molecule has 2 aromatic carbocycles. The largest absolute Gasteiger partial charge is 0.433 e. The second kappa shape index (κ2) is 4.63. The number of aromatic nitrogens is 1. The molecule has 0 atom stereocenters. The van der Waals surface area contributed by atoms with Crippen LogP contribution in [0, 0.1) is 0 Å². The van der Waals surface area contributed by atoms with E-state index in [4.69, 9.17) is 0 Å². The van der Waals surface area contributed by atoms with Crippen molar-refractivity contribution in [1.29, 1.82) is 0 Å². The van der Waals surface area contributed by atoms with Gasteiger partial charge >= 0.3 is 6.18 Å². The predicted molar refractivity (Wildman–Crippen MR) is 72.2 cm³/mol. The summed E-state index contributed by atoms with van der Waals surface area (Å²) in [5.74, 6) is 0. The van der Waals surface area contributed by atoms with Crippen LogP contribution in [-0.4, -0.2) is 4.98 Å². The minimum absolute atomic E-state index is 0.103. The molecule has 100 valence electrons. The molecule has 1 aromatic heterocycles. The lowest BCUT2D eigenvalue weighted by molar-refractivity contribution is -0.140. The summed E-state index contributed by atoms with van der Waals surface area (Å²) in [4.78, 5) is 3.48. The van der Waals surface area contributed by atoms with Crippen molar-refractivity contribution in [2.24, 2.45) is 0 Å². The van der Waals surface area contributed by atoms with E-state index in [1.54, 1.807) is 12.1 Å². The predicted octanol–water partition coefficient (Wildman–Crippen LogP) is 4.92. The number of benzene rings is 2. The molecule has 0 fully saturated rings. The first-order valence-corrected chi connectivity index (χ1v) is 6.07. The highest BCUT2D eigenvalue weighted by Crippen LogP contribution is 2.36. The van der Waals surface area contributed by atoms with Crippen molar-refractivity contribution in [3.8, 4) is 11.1 Å². The van der Waals surface area contributed by atoms with Crippen molar-refractivity contribution in [3.63, 3.8) is 0 Å². The smallest absolute Gasteiger partial charge is 0.251 e. The molecule has 1 heterocycles. The Morgan fingerprint density at radius 2 is 1.55 bits per heavy atom. The maximum absolute atomic E-state index is 13.0. The van der Waals surface area contributed by atoms with Gasteiger partial charge in [-0.05, 0) is 28.5 Å². The van der Waals surface area contributed by atoms with E-state index in [2.05, 4.69) is 4.98 Å². The summed E-state index contributed by atoms with van der Waals surface area (Å²) < 4.78 is 39.0. The lowest BCUT2D eigenvalue weighted by atomic mass is 10.00. The number of halogens is 3. The summed E-state index contributed by atoms with van der Waals surface area (Å²) in [6.07, 6.45) is -3.30. The van der Waals surface area contributed by atoms with E-state index in [0.717, 1.165) is 17.0 Å². The van der Waals surface area contributed by atoms with E-state index >= 15 is 0 Å². The van der Waals surface area contributed by atoms with E-state index in [9.17, 15) is 13.2 Å². The molecule has 0 amide bonds. The molecule has 20 heavy (non-hydrogen) atoms. The van der Waals surface area contributed by atoms with Crippen LogP contribution < -0.4 is 0 Å². The van der Waals surface area contributed by atoms with Crippen molar-refractivity contribution in [3.05, 3.63) is 66.5 Å². The molecule has 0 bridgehead atoms. The Balaban J connectivity index is 2.21. The first-order valence-electron chi connectivity index (χ1n) is 6.07. The molecule has 0 aliphatic rings. The summed E-state index contributed by atoms with van der Waals surface area (Å²) in [5, 5.41) is 1.90. The minimum Gasteiger partial charge on any atom is -0.251 e. The monoisotopic (exact) mass is 273 g/mol. The molecule has 0 saturated heterocycles. The van der Waals surface area contributed by atoms with Crippen LogP contribution in [0.1, 0.15) is 5.69 Å². The lowest BCUT2D eigenvalue weighted by Gasteiger charge is -2.12. The number of hydrogen-bond donors (Lipinski definition) is 0. The molecule has 1 nitrogen and oxygen atoms in total. The zero-order valence-electron chi connectivity index (χ0n) is 10.4. The summed E-state index contributed by atoms with van der Waals surface area (Å²) in [6.45, 7) is 0. The van der Waals surface area contributed by atoms with Gasteiger partial charge in [-0.2, -0.15) is 13.2 Å². The second-order valence-electron chi connectivity index (χ2n) is 4.46. The third-order valence-electron chi connectivity index (χ3n) is 3.14. The van der Waals surface area contributed by atoms with Crippen LogP contribution in [0.25, 0.3) is 21.9 Å². The van der Waals surface area contributed by atoms with Crippen molar-refractivity contribution < 1.29 is 13.2 Å². The molecule has 3 rings (SSSR count). The fraction of sp³-hybridized carbons (Fsp3) is 0.0625. The van der Waals surface area contributed by atoms with Crippen molar-refractivity contribution in [1.82, 2.24) is 4.98 Å². The van der Waals surface area contributed by atoms with Crippen LogP contribution in [0.4, 0.5) is 13.2 Å². The Kier molecular flexibility index (Phi) is 2.93. The van der Waals surface area contributed by atoms with Gasteiger partial charge in [0.05, 0.1) is 0 Å². The molecule has 0 spiro atoms. The SMILES string of the molecule is FC(F)(F)c1ncccc1-c1ccc2ccccc2c1. The van der Waals surface area contributed by atoms with E-state index in [1.807, 2.05) is 30.3 Å². The van der Waals surface area contributed by atoms with Gasteiger partial charge in [0.15, 0.2) is 5.69 Å². The molecule has 0 unspecified atom stereocenters. The second-order valence-corrected chi connectivity index (χ2v) is 4.46. The van der Waals surface area contributed by atoms with Crippen LogP contribution in [0.5, 0.6) is 0 Å². The lowest BCUT2D eigenvalue weighted by Crippen LogP contribution is -2.09. The molecule has 0 radical (unpaired) electrons. The quantitative estimate of drug-likeness (QED) is 0.613. The van der Waals surface area contributed by atoms with Gasteiger partial charge < -0.3 is 0 Å². The van der Waals surface area contributed by atoms with E-state index in [1.165, 1.54) is 12.1 Å². The number of pyridine rings is 1. The zero-order chi connectivity index (χ0) is 14.2. The van der Waals surface area contributed by atoms with Gasteiger partial charge in [0, 0.05) is 11.8 Å². The van der Waals surface area contributed by atoms with Gasteiger partial charge in [0.1, 0.15) is 0 Å². The minimum atomic E-state index is -4.46. The Morgan fingerprint density at radius 1 is 0.800 bits per heavy atom.